The summed E-state index contributed by atoms with van der Waals surface area (Å²) in [6.07, 6.45) is 8.97. The largest absolute Gasteiger partial charge is 0.315 e. The van der Waals surface area contributed by atoms with Gasteiger partial charge in [-0.3, -0.25) is 4.98 Å². The van der Waals surface area contributed by atoms with Gasteiger partial charge in [0.15, 0.2) is 0 Å². The van der Waals surface area contributed by atoms with E-state index in [1.165, 1.54) is 10.9 Å². The molecule has 0 spiro atoms. The molecule has 0 radical (unpaired) electrons. The van der Waals surface area contributed by atoms with Crippen molar-refractivity contribution >= 4 is 34.9 Å². The smallest absolute Gasteiger partial charge is 0.0715 e. The van der Waals surface area contributed by atoms with Gasteiger partial charge in [0.1, 0.15) is 0 Å². The van der Waals surface area contributed by atoms with Crippen LogP contribution in [-0.4, -0.2) is 34.1 Å². The molecule has 2 aromatic heterocycles. The third kappa shape index (κ3) is 4.11. The number of benzene rings is 1. The Balaban J connectivity index is 0.00000210. The van der Waals surface area contributed by atoms with E-state index in [0.29, 0.717) is 12.3 Å². The van der Waals surface area contributed by atoms with Crippen LogP contribution in [0, 0.1) is 11.3 Å². The number of nitriles is 1. The molecule has 1 fully saturated rings. The average molecular weight is 401 g/mol. The second-order valence-electron chi connectivity index (χ2n) is 6.85. The summed E-state index contributed by atoms with van der Waals surface area (Å²) in [5.74, 6) is 0.548. The van der Waals surface area contributed by atoms with Crippen molar-refractivity contribution in [3.63, 3.8) is 0 Å². The van der Waals surface area contributed by atoms with Crippen LogP contribution in [0.2, 0.25) is 5.02 Å². The third-order valence-electron chi connectivity index (χ3n) is 5.31. The van der Waals surface area contributed by atoms with Gasteiger partial charge in [-0.2, -0.15) is 5.26 Å². The van der Waals surface area contributed by atoms with Gasteiger partial charge in [-0.15, -0.1) is 12.4 Å². The first-order valence-corrected chi connectivity index (χ1v) is 9.44. The number of fused-ring (bicyclic) bond motifs is 1. The predicted octanol–water partition coefficient (Wildman–Crippen LogP) is 5.19. The monoisotopic (exact) mass is 400 g/mol. The van der Waals surface area contributed by atoms with E-state index in [2.05, 4.69) is 32.8 Å². The van der Waals surface area contributed by atoms with Crippen molar-refractivity contribution in [2.24, 2.45) is 0 Å². The highest BCUT2D eigenvalue weighted by molar-refractivity contribution is 6.30. The number of likely N-dealkylation sites (tertiary alicyclic amines) is 1. The Hall–Kier alpha value is -2.06. The van der Waals surface area contributed by atoms with E-state index in [9.17, 15) is 0 Å². The number of nitrogens with zero attached hydrogens (tertiary/aromatic N) is 4. The lowest BCUT2D eigenvalue weighted by molar-refractivity contribution is 0.217. The summed E-state index contributed by atoms with van der Waals surface area (Å²) < 4.78 is 2.22. The van der Waals surface area contributed by atoms with E-state index >= 15 is 0 Å². The summed E-state index contributed by atoms with van der Waals surface area (Å²) in [6, 6.07) is 12.3. The van der Waals surface area contributed by atoms with Gasteiger partial charge in [0.2, 0.25) is 0 Å². The van der Waals surface area contributed by atoms with Crippen LogP contribution in [0.3, 0.4) is 0 Å². The zero-order valence-corrected chi connectivity index (χ0v) is 16.6. The molecule has 4 rings (SSSR count). The Bertz CT molecular complexity index is 935. The average Bonchev–Trinajstić information content (AvgIpc) is 3.07. The van der Waals surface area contributed by atoms with Crippen molar-refractivity contribution in [2.75, 3.05) is 19.6 Å². The van der Waals surface area contributed by atoms with Crippen LogP contribution in [0.4, 0.5) is 0 Å². The molecular formula is C21H22Cl2N4. The summed E-state index contributed by atoms with van der Waals surface area (Å²) >= 11 is 6.05. The van der Waals surface area contributed by atoms with Gasteiger partial charge in [-0.25, -0.2) is 0 Å². The van der Waals surface area contributed by atoms with Crippen LogP contribution >= 0.6 is 24.0 Å². The molecule has 27 heavy (non-hydrogen) atoms. The summed E-state index contributed by atoms with van der Waals surface area (Å²) in [7, 11) is 0. The van der Waals surface area contributed by atoms with E-state index in [4.69, 9.17) is 16.9 Å². The first-order valence-electron chi connectivity index (χ1n) is 9.06. The normalized spacial score (nSPS) is 15.4. The zero-order chi connectivity index (χ0) is 17.9. The van der Waals surface area contributed by atoms with E-state index in [-0.39, 0.29) is 12.4 Å². The Morgan fingerprint density at radius 2 is 1.89 bits per heavy atom. The topological polar surface area (TPSA) is 44.9 Å². The second-order valence-corrected chi connectivity index (χ2v) is 7.28. The molecule has 0 saturated carbocycles. The third-order valence-corrected chi connectivity index (χ3v) is 5.56. The number of hydrogen-bond acceptors (Lipinski definition) is 3. The quantitative estimate of drug-likeness (QED) is 0.604. The lowest BCUT2D eigenvalue weighted by atomic mass is 9.89. The van der Waals surface area contributed by atoms with E-state index < -0.39 is 0 Å². The van der Waals surface area contributed by atoms with Crippen LogP contribution in [0.5, 0.6) is 0 Å². The van der Waals surface area contributed by atoms with Crippen LogP contribution in [0.15, 0.2) is 48.9 Å². The van der Waals surface area contributed by atoms with Crippen molar-refractivity contribution in [3.8, 4) is 11.8 Å². The predicted molar refractivity (Wildman–Crippen MR) is 112 cm³/mol. The number of pyridine rings is 1. The molecule has 0 unspecified atom stereocenters. The molecule has 0 N–H and O–H groups in total. The van der Waals surface area contributed by atoms with Crippen LogP contribution < -0.4 is 0 Å². The van der Waals surface area contributed by atoms with Gasteiger partial charge in [-0.1, -0.05) is 11.6 Å². The fraction of sp³-hybridized carbons (Fsp3) is 0.333. The highest BCUT2D eigenvalue weighted by atomic mass is 35.5. The summed E-state index contributed by atoms with van der Waals surface area (Å²) in [5.41, 5.74) is 3.64. The Morgan fingerprint density at radius 1 is 1.15 bits per heavy atom. The molecule has 3 heterocycles. The van der Waals surface area contributed by atoms with E-state index in [1.54, 1.807) is 0 Å². The van der Waals surface area contributed by atoms with Gasteiger partial charge in [0, 0.05) is 41.5 Å². The molecule has 0 atom stereocenters. The molecule has 1 saturated heterocycles. The molecule has 0 aliphatic carbocycles. The summed E-state index contributed by atoms with van der Waals surface area (Å²) in [4.78, 5) is 6.74. The molecule has 1 aromatic carbocycles. The maximum absolute atomic E-state index is 8.78. The second kappa shape index (κ2) is 8.75. The number of hydrogen-bond donors (Lipinski definition) is 0. The minimum absolute atomic E-state index is 0. The fourth-order valence-corrected chi connectivity index (χ4v) is 4.04. The fourth-order valence-electron chi connectivity index (χ4n) is 3.92. The van der Waals surface area contributed by atoms with Gasteiger partial charge in [0.05, 0.1) is 17.8 Å². The lowest BCUT2D eigenvalue weighted by Gasteiger charge is -2.31. The standard InChI is InChI=1S/C21H21ClN4.ClH/c22-17-2-4-18(5-3-17)26-15-20(19-6-10-24-14-21(19)26)16-7-12-25(13-8-16)11-1-9-23;/h2-6,10,14-16H,1,7-8,11-13H2;1H. The maximum atomic E-state index is 8.78. The highest BCUT2D eigenvalue weighted by Gasteiger charge is 2.23. The number of halogens is 2. The van der Waals surface area contributed by atoms with E-state index in [1.807, 2.05) is 36.7 Å². The van der Waals surface area contributed by atoms with E-state index in [0.717, 1.165) is 48.7 Å². The van der Waals surface area contributed by atoms with Crippen LogP contribution in [0.25, 0.3) is 16.6 Å². The van der Waals surface area contributed by atoms with Gasteiger partial charge in [0.25, 0.3) is 0 Å². The SMILES string of the molecule is Cl.N#CCCN1CCC(c2cn(-c3ccc(Cl)cc3)c3cnccc23)CC1. The Labute approximate surface area is 170 Å². The van der Waals surface area contributed by atoms with Crippen molar-refractivity contribution in [1.29, 1.82) is 5.26 Å². The molecule has 3 aromatic rings. The minimum Gasteiger partial charge on any atom is -0.315 e. The minimum atomic E-state index is 0. The molecule has 0 bridgehead atoms. The number of rotatable bonds is 4. The zero-order valence-electron chi connectivity index (χ0n) is 15.0. The highest BCUT2D eigenvalue weighted by Crippen LogP contribution is 2.35. The molecule has 0 amide bonds. The van der Waals surface area contributed by atoms with Gasteiger partial charge < -0.3 is 9.47 Å². The molecule has 140 valence electrons. The van der Waals surface area contributed by atoms with Gasteiger partial charge in [-0.05, 0) is 67.7 Å². The Kier molecular flexibility index (Phi) is 6.38. The van der Waals surface area contributed by atoms with Crippen molar-refractivity contribution < 1.29 is 0 Å². The Morgan fingerprint density at radius 3 is 2.59 bits per heavy atom. The van der Waals surface area contributed by atoms with Crippen molar-refractivity contribution in [1.82, 2.24) is 14.5 Å². The van der Waals surface area contributed by atoms with Crippen LogP contribution in [0.1, 0.15) is 30.7 Å². The molecule has 1 aliphatic heterocycles. The van der Waals surface area contributed by atoms with Crippen molar-refractivity contribution in [3.05, 3.63) is 59.5 Å². The van der Waals surface area contributed by atoms with Crippen molar-refractivity contribution in [2.45, 2.75) is 25.2 Å². The first-order chi connectivity index (χ1) is 12.8. The first kappa shape index (κ1) is 19.7. The molecular weight excluding hydrogens is 379 g/mol. The lowest BCUT2D eigenvalue weighted by Crippen LogP contribution is -2.33. The van der Waals surface area contributed by atoms with Gasteiger partial charge >= 0.3 is 0 Å². The van der Waals surface area contributed by atoms with Crippen LogP contribution in [-0.2, 0) is 0 Å². The molecule has 1 aliphatic rings. The number of piperidine rings is 1. The summed E-state index contributed by atoms with van der Waals surface area (Å²) in [5, 5.41) is 10.8. The molecule has 4 nitrogen and oxygen atoms in total. The summed E-state index contributed by atoms with van der Waals surface area (Å²) in [6.45, 7) is 3.01. The maximum Gasteiger partial charge on any atom is 0.0715 e. The molecule has 6 heteroatoms. The number of aromatic nitrogens is 2.